The number of hydrogen-bond acceptors (Lipinski definition) is 2. The molecule has 0 amide bonds. The smallest absolute Gasteiger partial charge is 0.317 e. The highest BCUT2D eigenvalue weighted by atomic mass is 19.4. The van der Waals surface area contributed by atoms with Gasteiger partial charge in [-0.25, -0.2) is 0 Å². The number of halogens is 3. The van der Waals surface area contributed by atoms with Gasteiger partial charge in [-0.05, 0) is 38.8 Å². The Morgan fingerprint density at radius 1 is 0.889 bits per heavy atom. The molecule has 1 heterocycles. The summed E-state index contributed by atoms with van der Waals surface area (Å²) in [6.45, 7) is 0.986. The van der Waals surface area contributed by atoms with Crippen LogP contribution >= 0.6 is 0 Å². The largest absolute Gasteiger partial charge is 0.401 e. The Kier molecular flexibility index (Phi) is 4.90. The topological polar surface area (TPSA) is 15.3 Å². The van der Waals surface area contributed by atoms with Crippen molar-refractivity contribution in [2.75, 3.05) is 19.6 Å². The summed E-state index contributed by atoms with van der Waals surface area (Å²) in [5.74, 6) is 0. The monoisotopic (exact) mass is 264 g/mol. The molecule has 0 atom stereocenters. The molecule has 1 N–H and O–H groups in total. The molecule has 18 heavy (non-hydrogen) atoms. The maximum absolute atomic E-state index is 12.8. The third-order valence-electron chi connectivity index (χ3n) is 4.18. The quantitative estimate of drug-likeness (QED) is 0.843. The maximum Gasteiger partial charge on any atom is 0.401 e. The lowest BCUT2D eigenvalue weighted by Crippen LogP contribution is -2.52. The van der Waals surface area contributed by atoms with Crippen molar-refractivity contribution in [3.8, 4) is 0 Å². The number of piperidine rings is 1. The summed E-state index contributed by atoms with van der Waals surface area (Å²) in [6.07, 6.45) is 2.89. The van der Waals surface area contributed by atoms with Crippen molar-refractivity contribution >= 4 is 0 Å². The first-order chi connectivity index (χ1) is 8.56. The Hall–Kier alpha value is -0.290. The molecule has 1 aliphatic carbocycles. The van der Waals surface area contributed by atoms with Gasteiger partial charge in [-0.15, -0.1) is 0 Å². The summed E-state index contributed by atoms with van der Waals surface area (Å²) in [6, 6.07) is 0.277. The Bertz CT molecular complexity index is 225. The summed E-state index contributed by atoms with van der Waals surface area (Å²) in [5, 5.41) is 3.23. The molecule has 0 aromatic heterocycles. The lowest BCUT2D eigenvalue weighted by molar-refractivity contribution is -0.159. The van der Waals surface area contributed by atoms with Crippen LogP contribution in [0, 0.1) is 0 Å². The highest BCUT2D eigenvalue weighted by Crippen LogP contribution is 2.29. The van der Waals surface area contributed by atoms with E-state index in [2.05, 4.69) is 5.32 Å². The molecule has 2 aliphatic rings. The van der Waals surface area contributed by atoms with E-state index in [0.29, 0.717) is 0 Å². The zero-order chi connectivity index (χ0) is 13.0. The molecule has 1 aliphatic heterocycles. The summed E-state index contributed by atoms with van der Waals surface area (Å²) in [4.78, 5) is 1.76. The lowest BCUT2D eigenvalue weighted by Gasteiger charge is -2.42. The standard InChI is InChI=1S/C13H23F3N2/c14-13(15,16)10-18(11-4-2-1-3-5-11)12-6-8-17-9-7-12/h11-12,17H,1-10H2. The van der Waals surface area contributed by atoms with Gasteiger partial charge in [0.25, 0.3) is 0 Å². The molecular formula is C13H23F3N2. The Morgan fingerprint density at radius 2 is 1.44 bits per heavy atom. The van der Waals surface area contributed by atoms with Crippen molar-refractivity contribution in [2.45, 2.75) is 63.2 Å². The van der Waals surface area contributed by atoms with Crippen molar-refractivity contribution in [3.63, 3.8) is 0 Å². The molecule has 5 heteroatoms. The predicted molar refractivity (Wildman–Crippen MR) is 65.5 cm³/mol. The predicted octanol–water partition coefficient (Wildman–Crippen LogP) is 2.94. The van der Waals surface area contributed by atoms with Gasteiger partial charge in [-0.3, -0.25) is 4.90 Å². The fourth-order valence-electron chi connectivity index (χ4n) is 3.31. The molecule has 0 radical (unpaired) electrons. The molecule has 0 bridgehead atoms. The average molecular weight is 264 g/mol. The van der Waals surface area contributed by atoms with Crippen LogP contribution in [-0.4, -0.2) is 42.8 Å². The second kappa shape index (κ2) is 6.24. The Morgan fingerprint density at radius 3 is 2.00 bits per heavy atom. The number of alkyl halides is 3. The van der Waals surface area contributed by atoms with Crippen LogP contribution in [0.15, 0.2) is 0 Å². The van der Waals surface area contributed by atoms with Gasteiger partial charge in [-0.1, -0.05) is 19.3 Å². The first kappa shape index (κ1) is 14.1. The number of nitrogens with one attached hydrogen (secondary N) is 1. The van der Waals surface area contributed by atoms with Gasteiger partial charge in [0.05, 0.1) is 6.54 Å². The van der Waals surface area contributed by atoms with E-state index >= 15 is 0 Å². The van der Waals surface area contributed by atoms with Gasteiger partial charge >= 0.3 is 6.18 Å². The summed E-state index contributed by atoms with van der Waals surface area (Å²) >= 11 is 0. The molecule has 0 aromatic rings. The van der Waals surface area contributed by atoms with Crippen molar-refractivity contribution in [3.05, 3.63) is 0 Å². The molecule has 0 unspecified atom stereocenters. The molecule has 2 fully saturated rings. The van der Waals surface area contributed by atoms with Gasteiger partial charge in [0.1, 0.15) is 0 Å². The average Bonchev–Trinajstić information content (AvgIpc) is 2.37. The van der Waals surface area contributed by atoms with Crippen molar-refractivity contribution in [1.29, 1.82) is 0 Å². The minimum Gasteiger partial charge on any atom is -0.317 e. The second-order valence-electron chi connectivity index (χ2n) is 5.56. The van der Waals surface area contributed by atoms with E-state index in [1.165, 1.54) is 6.42 Å². The molecule has 0 spiro atoms. The minimum atomic E-state index is -4.07. The maximum atomic E-state index is 12.8. The van der Waals surface area contributed by atoms with E-state index in [1.807, 2.05) is 0 Å². The van der Waals surface area contributed by atoms with E-state index in [1.54, 1.807) is 4.90 Å². The van der Waals surface area contributed by atoms with Crippen LogP contribution in [-0.2, 0) is 0 Å². The zero-order valence-corrected chi connectivity index (χ0v) is 10.8. The molecule has 1 saturated heterocycles. The first-order valence-corrected chi connectivity index (χ1v) is 7.09. The van der Waals surface area contributed by atoms with Crippen molar-refractivity contribution in [2.24, 2.45) is 0 Å². The number of rotatable bonds is 3. The summed E-state index contributed by atoms with van der Waals surface area (Å²) in [7, 11) is 0. The van der Waals surface area contributed by atoms with Crippen LogP contribution in [0.2, 0.25) is 0 Å². The van der Waals surface area contributed by atoms with Gasteiger partial charge in [0.15, 0.2) is 0 Å². The van der Waals surface area contributed by atoms with Crippen LogP contribution in [0.5, 0.6) is 0 Å². The Balaban J connectivity index is 2.00. The van der Waals surface area contributed by atoms with Gasteiger partial charge in [0.2, 0.25) is 0 Å². The van der Waals surface area contributed by atoms with Gasteiger partial charge in [-0.2, -0.15) is 13.2 Å². The second-order valence-corrected chi connectivity index (χ2v) is 5.56. The molecular weight excluding hydrogens is 241 g/mol. The molecule has 1 saturated carbocycles. The lowest BCUT2D eigenvalue weighted by atomic mass is 9.91. The van der Waals surface area contributed by atoms with Crippen molar-refractivity contribution < 1.29 is 13.2 Å². The molecule has 2 nitrogen and oxygen atoms in total. The van der Waals surface area contributed by atoms with Crippen LogP contribution in [0.1, 0.15) is 44.9 Å². The van der Waals surface area contributed by atoms with Crippen molar-refractivity contribution in [1.82, 2.24) is 10.2 Å². The van der Waals surface area contributed by atoms with Crippen LogP contribution in [0.25, 0.3) is 0 Å². The van der Waals surface area contributed by atoms with E-state index in [-0.39, 0.29) is 12.1 Å². The molecule has 2 rings (SSSR count). The first-order valence-electron chi connectivity index (χ1n) is 7.09. The fraction of sp³-hybridized carbons (Fsp3) is 1.00. The van der Waals surface area contributed by atoms with E-state index in [9.17, 15) is 13.2 Å². The minimum absolute atomic E-state index is 0.121. The van der Waals surface area contributed by atoms with E-state index < -0.39 is 12.7 Å². The third-order valence-corrected chi connectivity index (χ3v) is 4.18. The summed E-state index contributed by atoms with van der Waals surface area (Å²) in [5.41, 5.74) is 0. The normalized spacial score (nSPS) is 24.7. The van der Waals surface area contributed by atoms with Crippen LogP contribution < -0.4 is 5.32 Å². The third kappa shape index (κ3) is 4.12. The fourth-order valence-corrected chi connectivity index (χ4v) is 3.31. The van der Waals surface area contributed by atoms with E-state index in [0.717, 1.165) is 51.6 Å². The van der Waals surface area contributed by atoms with Gasteiger partial charge in [0, 0.05) is 12.1 Å². The zero-order valence-electron chi connectivity index (χ0n) is 10.8. The van der Waals surface area contributed by atoms with Crippen LogP contribution in [0.3, 0.4) is 0 Å². The molecule has 106 valence electrons. The Labute approximate surface area is 107 Å². The van der Waals surface area contributed by atoms with Crippen LogP contribution in [0.4, 0.5) is 13.2 Å². The summed E-state index contributed by atoms with van der Waals surface area (Å²) < 4.78 is 38.3. The molecule has 0 aromatic carbocycles. The highest BCUT2D eigenvalue weighted by molar-refractivity contribution is 4.86. The SMILES string of the molecule is FC(F)(F)CN(C1CCCCC1)C1CCNCC1. The highest BCUT2D eigenvalue weighted by Gasteiger charge is 2.37. The van der Waals surface area contributed by atoms with E-state index in [4.69, 9.17) is 0 Å². The van der Waals surface area contributed by atoms with Gasteiger partial charge < -0.3 is 5.32 Å². The number of hydrogen-bond donors (Lipinski definition) is 1. The number of nitrogens with zero attached hydrogens (tertiary/aromatic N) is 1.